The number of hydrogen-bond donors (Lipinski definition) is 2. The summed E-state index contributed by atoms with van der Waals surface area (Å²) in [5, 5.41) is 9.38. The summed E-state index contributed by atoms with van der Waals surface area (Å²) in [6.45, 7) is 4.74. The number of anilines is 1. The van der Waals surface area contributed by atoms with Gasteiger partial charge in [-0.1, -0.05) is 6.92 Å². The van der Waals surface area contributed by atoms with E-state index in [4.69, 9.17) is 5.73 Å². The predicted molar refractivity (Wildman–Crippen MR) is 81.1 cm³/mol. The summed E-state index contributed by atoms with van der Waals surface area (Å²) in [6.07, 6.45) is 1.63. The minimum atomic E-state index is -0.750. The summed E-state index contributed by atoms with van der Waals surface area (Å²) in [7, 11) is 0. The number of piperidine rings is 1. The van der Waals surface area contributed by atoms with Gasteiger partial charge < -0.3 is 15.7 Å². The highest BCUT2D eigenvalue weighted by molar-refractivity contribution is 5.95. The number of carboxylic acid groups (broad SMARTS) is 1. The molecule has 0 aromatic heterocycles. The van der Waals surface area contributed by atoms with Gasteiger partial charge in [0.15, 0.2) is 0 Å². The second-order valence-corrected chi connectivity index (χ2v) is 5.80. The monoisotopic (exact) mass is 290 g/mol. The summed E-state index contributed by atoms with van der Waals surface area (Å²) >= 11 is 0. The van der Waals surface area contributed by atoms with E-state index in [1.165, 1.54) is 0 Å². The van der Waals surface area contributed by atoms with Crippen LogP contribution >= 0.6 is 0 Å². The number of nitrogen functional groups attached to an aromatic ring is 1. The van der Waals surface area contributed by atoms with Crippen molar-refractivity contribution in [3.8, 4) is 0 Å². The van der Waals surface area contributed by atoms with Gasteiger partial charge in [-0.05, 0) is 49.9 Å². The molecule has 1 heterocycles. The van der Waals surface area contributed by atoms with Crippen molar-refractivity contribution in [1.29, 1.82) is 0 Å². The fourth-order valence-electron chi connectivity index (χ4n) is 2.85. The number of likely N-dealkylation sites (tertiary alicyclic amines) is 1. The fraction of sp³-hybridized carbons (Fsp3) is 0.500. The van der Waals surface area contributed by atoms with Crippen molar-refractivity contribution >= 4 is 17.6 Å². The SMILES string of the molecule is CCC1(C(=O)O)CCN(C(=O)c2ccc(N)c(C)c2)CC1. The first-order valence-electron chi connectivity index (χ1n) is 7.28. The molecular formula is C16H22N2O3. The summed E-state index contributed by atoms with van der Waals surface area (Å²) in [5.74, 6) is -0.798. The average Bonchev–Trinajstić information content (AvgIpc) is 2.49. The van der Waals surface area contributed by atoms with Crippen molar-refractivity contribution in [3.63, 3.8) is 0 Å². The lowest BCUT2D eigenvalue weighted by atomic mass is 9.76. The zero-order valence-electron chi connectivity index (χ0n) is 12.6. The molecule has 5 heteroatoms. The molecule has 0 bridgehead atoms. The third-order valence-corrected chi connectivity index (χ3v) is 4.65. The second-order valence-electron chi connectivity index (χ2n) is 5.80. The first kappa shape index (κ1) is 15.4. The molecule has 1 aliphatic rings. The van der Waals surface area contributed by atoms with Crippen LogP contribution in [0.25, 0.3) is 0 Å². The number of nitrogens with zero attached hydrogens (tertiary/aromatic N) is 1. The van der Waals surface area contributed by atoms with Crippen LogP contribution in [0.15, 0.2) is 18.2 Å². The molecule has 1 aromatic rings. The van der Waals surface area contributed by atoms with Gasteiger partial charge >= 0.3 is 5.97 Å². The molecule has 0 atom stereocenters. The normalized spacial score (nSPS) is 17.5. The van der Waals surface area contributed by atoms with Gasteiger partial charge in [0.05, 0.1) is 5.41 Å². The Kier molecular flexibility index (Phi) is 4.21. The number of aryl methyl sites for hydroxylation is 1. The Morgan fingerprint density at radius 2 is 1.95 bits per heavy atom. The van der Waals surface area contributed by atoms with Gasteiger partial charge in [-0.3, -0.25) is 9.59 Å². The third-order valence-electron chi connectivity index (χ3n) is 4.65. The Morgan fingerprint density at radius 3 is 2.43 bits per heavy atom. The van der Waals surface area contributed by atoms with E-state index in [1.54, 1.807) is 23.1 Å². The molecule has 1 aromatic carbocycles. The molecule has 0 unspecified atom stereocenters. The van der Waals surface area contributed by atoms with Crippen molar-refractivity contribution in [3.05, 3.63) is 29.3 Å². The van der Waals surface area contributed by atoms with Crippen LogP contribution < -0.4 is 5.73 Å². The Bertz CT molecular complexity index is 561. The van der Waals surface area contributed by atoms with Gasteiger partial charge in [0, 0.05) is 24.3 Å². The molecule has 21 heavy (non-hydrogen) atoms. The smallest absolute Gasteiger partial charge is 0.309 e. The van der Waals surface area contributed by atoms with E-state index in [9.17, 15) is 14.7 Å². The molecule has 1 fully saturated rings. The van der Waals surface area contributed by atoms with Crippen LogP contribution in [0.1, 0.15) is 42.1 Å². The number of benzene rings is 1. The molecule has 5 nitrogen and oxygen atoms in total. The standard InChI is InChI=1S/C16H22N2O3/c1-3-16(15(20)21)6-8-18(9-7-16)14(19)12-4-5-13(17)11(2)10-12/h4-5,10H,3,6-9,17H2,1-2H3,(H,20,21). The van der Waals surface area contributed by atoms with Crippen molar-refractivity contribution in [2.24, 2.45) is 5.41 Å². The molecule has 0 spiro atoms. The molecule has 1 amide bonds. The molecule has 0 radical (unpaired) electrons. The maximum atomic E-state index is 12.5. The average molecular weight is 290 g/mol. The van der Waals surface area contributed by atoms with Crippen molar-refractivity contribution in [1.82, 2.24) is 4.90 Å². The lowest BCUT2D eigenvalue weighted by Crippen LogP contribution is -2.46. The Balaban J connectivity index is 2.09. The zero-order chi connectivity index (χ0) is 15.6. The number of rotatable bonds is 3. The maximum Gasteiger partial charge on any atom is 0.309 e. The molecule has 3 N–H and O–H groups in total. The molecule has 0 saturated carbocycles. The second kappa shape index (κ2) is 5.76. The lowest BCUT2D eigenvalue weighted by molar-refractivity contribution is -0.152. The maximum absolute atomic E-state index is 12.5. The molecule has 114 valence electrons. The van der Waals surface area contributed by atoms with E-state index in [-0.39, 0.29) is 5.91 Å². The minimum absolute atomic E-state index is 0.0480. The minimum Gasteiger partial charge on any atom is -0.481 e. The number of amides is 1. The van der Waals surface area contributed by atoms with E-state index >= 15 is 0 Å². The van der Waals surface area contributed by atoms with Crippen LogP contribution in [-0.2, 0) is 4.79 Å². The predicted octanol–water partition coefficient (Wildman–Crippen LogP) is 2.29. The Hall–Kier alpha value is -2.04. The van der Waals surface area contributed by atoms with Gasteiger partial charge in [-0.15, -0.1) is 0 Å². The number of carbonyl (C=O) groups is 2. The topological polar surface area (TPSA) is 83.6 Å². The van der Waals surface area contributed by atoms with Crippen LogP contribution in [0.2, 0.25) is 0 Å². The van der Waals surface area contributed by atoms with Crippen molar-refractivity contribution in [2.45, 2.75) is 33.1 Å². The molecule has 2 rings (SSSR count). The number of aliphatic carboxylic acids is 1. The largest absolute Gasteiger partial charge is 0.481 e. The summed E-state index contributed by atoms with van der Waals surface area (Å²) in [5.41, 5.74) is 7.25. The first-order valence-corrected chi connectivity index (χ1v) is 7.28. The Labute approximate surface area is 124 Å². The summed E-state index contributed by atoms with van der Waals surface area (Å²) in [6, 6.07) is 5.25. The van der Waals surface area contributed by atoms with Gasteiger partial charge in [0.1, 0.15) is 0 Å². The lowest BCUT2D eigenvalue weighted by Gasteiger charge is -2.38. The van der Waals surface area contributed by atoms with Crippen molar-refractivity contribution < 1.29 is 14.7 Å². The first-order chi connectivity index (χ1) is 9.89. The zero-order valence-corrected chi connectivity index (χ0v) is 12.6. The van der Waals surface area contributed by atoms with Gasteiger partial charge in [0.25, 0.3) is 5.91 Å². The van der Waals surface area contributed by atoms with Gasteiger partial charge in [-0.25, -0.2) is 0 Å². The summed E-state index contributed by atoms with van der Waals surface area (Å²) < 4.78 is 0. The number of nitrogens with two attached hydrogens (primary N) is 1. The summed E-state index contributed by atoms with van der Waals surface area (Å²) in [4.78, 5) is 25.6. The van der Waals surface area contributed by atoms with E-state index in [0.717, 1.165) is 5.56 Å². The van der Waals surface area contributed by atoms with E-state index in [1.807, 2.05) is 13.8 Å². The molecular weight excluding hydrogens is 268 g/mol. The van der Waals surface area contributed by atoms with Crippen LogP contribution in [0.5, 0.6) is 0 Å². The number of hydrogen-bond acceptors (Lipinski definition) is 3. The highest BCUT2D eigenvalue weighted by Crippen LogP contribution is 2.35. The van der Waals surface area contributed by atoms with Crippen molar-refractivity contribution in [2.75, 3.05) is 18.8 Å². The quantitative estimate of drug-likeness (QED) is 0.837. The number of carbonyl (C=O) groups excluding carboxylic acids is 1. The van der Waals surface area contributed by atoms with Crippen LogP contribution in [0.4, 0.5) is 5.69 Å². The Morgan fingerprint density at radius 1 is 1.33 bits per heavy atom. The fourth-order valence-corrected chi connectivity index (χ4v) is 2.85. The number of carboxylic acids is 1. The highest BCUT2D eigenvalue weighted by Gasteiger charge is 2.40. The van der Waals surface area contributed by atoms with E-state index in [2.05, 4.69) is 0 Å². The van der Waals surface area contributed by atoms with Gasteiger partial charge in [0.2, 0.25) is 0 Å². The molecule has 1 aliphatic heterocycles. The van der Waals surface area contributed by atoms with E-state index in [0.29, 0.717) is 43.6 Å². The molecule has 1 saturated heterocycles. The van der Waals surface area contributed by atoms with Crippen LogP contribution in [-0.4, -0.2) is 35.0 Å². The van der Waals surface area contributed by atoms with Gasteiger partial charge in [-0.2, -0.15) is 0 Å². The van der Waals surface area contributed by atoms with Crippen LogP contribution in [0.3, 0.4) is 0 Å². The molecule has 0 aliphatic carbocycles. The van der Waals surface area contributed by atoms with E-state index < -0.39 is 11.4 Å². The highest BCUT2D eigenvalue weighted by atomic mass is 16.4. The van der Waals surface area contributed by atoms with Crippen LogP contribution in [0, 0.1) is 12.3 Å². The third kappa shape index (κ3) is 2.86.